The molecule has 2 rings (SSSR count). The summed E-state index contributed by atoms with van der Waals surface area (Å²) in [5.74, 6) is -0.308. The fourth-order valence-electron chi connectivity index (χ4n) is 2.29. The summed E-state index contributed by atoms with van der Waals surface area (Å²) in [5.41, 5.74) is 4.64. The molecule has 7 heteroatoms. The number of hydrazone groups is 1. The fourth-order valence-corrected chi connectivity index (χ4v) is 2.29. The van der Waals surface area contributed by atoms with Crippen molar-refractivity contribution in [3.8, 4) is 11.5 Å². The predicted molar refractivity (Wildman–Crippen MR) is 104 cm³/mol. The molecule has 0 fully saturated rings. The first-order chi connectivity index (χ1) is 12.9. The minimum atomic E-state index is -0.875. The molecule has 0 spiro atoms. The van der Waals surface area contributed by atoms with Crippen LogP contribution in [0.25, 0.3) is 0 Å². The van der Waals surface area contributed by atoms with Crippen molar-refractivity contribution >= 4 is 23.7 Å². The lowest BCUT2D eigenvalue weighted by Gasteiger charge is -2.10. The maximum absolute atomic E-state index is 12.0. The Hall–Kier alpha value is -3.35. The number of hydrogen-bond acceptors (Lipinski definition) is 5. The van der Waals surface area contributed by atoms with Crippen LogP contribution in [-0.2, 0) is 9.59 Å². The van der Waals surface area contributed by atoms with Crippen molar-refractivity contribution in [2.45, 2.75) is 19.8 Å². The molecule has 2 aromatic rings. The van der Waals surface area contributed by atoms with E-state index in [1.54, 1.807) is 18.2 Å². The zero-order valence-corrected chi connectivity index (χ0v) is 15.8. The number of rotatable bonds is 6. The van der Waals surface area contributed by atoms with Gasteiger partial charge >= 0.3 is 11.8 Å². The Labute approximate surface area is 158 Å². The van der Waals surface area contributed by atoms with Gasteiger partial charge in [0.15, 0.2) is 11.5 Å². The first kappa shape index (κ1) is 20.0. The summed E-state index contributed by atoms with van der Waals surface area (Å²) in [7, 11) is 3.00. The van der Waals surface area contributed by atoms with Crippen LogP contribution in [0.2, 0.25) is 0 Å². The zero-order valence-electron chi connectivity index (χ0n) is 15.8. The number of carbonyl (C=O) groups excluding carboxylic acids is 2. The van der Waals surface area contributed by atoms with E-state index in [0.29, 0.717) is 23.1 Å². The van der Waals surface area contributed by atoms with Gasteiger partial charge in [-0.2, -0.15) is 5.10 Å². The molecule has 2 aromatic carbocycles. The topological polar surface area (TPSA) is 89.0 Å². The number of benzene rings is 2. The van der Waals surface area contributed by atoms with Crippen LogP contribution in [0.15, 0.2) is 47.6 Å². The Bertz CT molecular complexity index is 830. The Morgan fingerprint density at radius 3 is 2.22 bits per heavy atom. The third-order valence-electron chi connectivity index (χ3n) is 3.83. The minimum Gasteiger partial charge on any atom is -0.493 e. The second-order valence-corrected chi connectivity index (χ2v) is 6.04. The third-order valence-corrected chi connectivity index (χ3v) is 3.83. The zero-order chi connectivity index (χ0) is 19.8. The molecule has 0 aliphatic rings. The number of nitrogens with one attached hydrogen (secondary N) is 2. The molecule has 0 radical (unpaired) electrons. The number of anilines is 1. The lowest BCUT2D eigenvalue weighted by molar-refractivity contribution is -0.136. The van der Waals surface area contributed by atoms with Crippen LogP contribution in [-0.4, -0.2) is 32.2 Å². The maximum atomic E-state index is 12.0. The molecule has 0 heterocycles. The molecule has 2 amide bonds. The largest absolute Gasteiger partial charge is 0.493 e. The number of hydrogen-bond donors (Lipinski definition) is 2. The SMILES string of the molecule is COc1ccc(NC(=O)C(=O)NN=Cc2ccc(C(C)C)cc2)cc1OC. The lowest BCUT2D eigenvalue weighted by Crippen LogP contribution is -2.32. The minimum absolute atomic E-state index is 0.404. The summed E-state index contributed by atoms with van der Waals surface area (Å²) in [6.07, 6.45) is 1.48. The van der Waals surface area contributed by atoms with Crippen LogP contribution in [0.3, 0.4) is 0 Å². The first-order valence-electron chi connectivity index (χ1n) is 8.41. The van der Waals surface area contributed by atoms with Gasteiger partial charge in [-0.3, -0.25) is 9.59 Å². The highest BCUT2D eigenvalue weighted by Crippen LogP contribution is 2.29. The first-order valence-corrected chi connectivity index (χ1v) is 8.41. The van der Waals surface area contributed by atoms with Crippen LogP contribution >= 0.6 is 0 Å². The summed E-state index contributed by atoms with van der Waals surface area (Å²) in [4.78, 5) is 23.8. The Morgan fingerprint density at radius 2 is 1.63 bits per heavy atom. The quantitative estimate of drug-likeness (QED) is 0.465. The molecule has 0 saturated heterocycles. The van der Waals surface area contributed by atoms with Crippen molar-refractivity contribution in [1.29, 1.82) is 0 Å². The molecule has 0 aliphatic heterocycles. The van der Waals surface area contributed by atoms with Gasteiger partial charge < -0.3 is 14.8 Å². The van der Waals surface area contributed by atoms with Crippen molar-refractivity contribution in [3.63, 3.8) is 0 Å². The van der Waals surface area contributed by atoms with Crippen LogP contribution in [0.1, 0.15) is 30.9 Å². The second-order valence-electron chi connectivity index (χ2n) is 6.04. The van der Waals surface area contributed by atoms with E-state index in [2.05, 4.69) is 29.7 Å². The monoisotopic (exact) mass is 369 g/mol. The van der Waals surface area contributed by atoms with E-state index in [1.807, 2.05) is 24.3 Å². The standard InChI is InChI=1S/C20H23N3O4/c1-13(2)15-7-5-14(6-8-15)12-21-23-20(25)19(24)22-16-9-10-17(26-3)18(11-16)27-4/h5-13H,1-4H3,(H,22,24)(H,23,25). The van der Waals surface area contributed by atoms with E-state index in [9.17, 15) is 9.59 Å². The molecule has 2 N–H and O–H groups in total. The van der Waals surface area contributed by atoms with Gasteiger partial charge in [-0.25, -0.2) is 5.43 Å². The van der Waals surface area contributed by atoms with Gasteiger partial charge in [-0.05, 0) is 29.2 Å². The molecule has 0 bridgehead atoms. The van der Waals surface area contributed by atoms with Gasteiger partial charge in [0.25, 0.3) is 0 Å². The van der Waals surface area contributed by atoms with E-state index in [-0.39, 0.29) is 0 Å². The average molecular weight is 369 g/mol. The molecule has 0 atom stereocenters. The summed E-state index contributed by atoms with van der Waals surface area (Å²) in [6.45, 7) is 4.22. The smallest absolute Gasteiger partial charge is 0.329 e. The van der Waals surface area contributed by atoms with Gasteiger partial charge in [0, 0.05) is 11.8 Å². The van der Waals surface area contributed by atoms with Gasteiger partial charge in [0.05, 0.1) is 20.4 Å². The van der Waals surface area contributed by atoms with E-state index in [0.717, 1.165) is 5.56 Å². The van der Waals surface area contributed by atoms with Crippen LogP contribution in [0.5, 0.6) is 11.5 Å². The Kier molecular flexibility index (Phi) is 6.93. The lowest BCUT2D eigenvalue weighted by atomic mass is 10.0. The van der Waals surface area contributed by atoms with Gasteiger partial charge in [0.2, 0.25) is 0 Å². The van der Waals surface area contributed by atoms with Crippen LogP contribution in [0, 0.1) is 0 Å². The highest BCUT2D eigenvalue weighted by molar-refractivity contribution is 6.39. The molecule has 0 unspecified atom stereocenters. The van der Waals surface area contributed by atoms with Crippen LogP contribution < -0.4 is 20.2 Å². The summed E-state index contributed by atoms with van der Waals surface area (Å²) >= 11 is 0. The number of nitrogens with zero attached hydrogens (tertiary/aromatic N) is 1. The van der Waals surface area contributed by atoms with Crippen molar-refractivity contribution in [1.82, 2.24) is 5.43 Å². The molecule has 7 nitrogen and oxygen atoms in total. The third kappa shape index (κ3) is 5.57. The van der Waals surface area contributed by atoms with E-state index >= 15 is 0 Å². The molecule has 0 aliphatic carbocycles. The molecule has 27 heavy (non-hydrogen) atoms. The van der Waals surface area contributed by atoms with Gasteiger partial charge in [-0.15, -0.1) is 0 Å². The second kappa shape index (κ2) is 9.38. The fraction of sp³-hybridized carbons (Fsp3) is 0.250. The predicted octanol–water partition coefficient (Wildman–Crippen LogP) is 2.92. The highest BCUT2D eigenvalue weighted by atomic mass is 16.5. The average Bonchev–Trinajstić information content (AvgIpc) is 2.68. The molecular weight excluding hydrogens is 346 g/mol. The van der Waals surface area contributed by atoms with Crippen LogP contribution in [0.4, 0.5) is 5.69 Å². The number of carbonyl (C=O) groups is 2. The van der Waals surface area contributed by atoms with E-state index < -0.39 is 11.8 Å². The Balaban J connectivity index is 1.92. The van der Waals surface area contributed by atoms with Crippen molar-refractivity contribution in [2.24, 2.45) is 5.10 Å². The van der Waals surface area contributed by atoms with Gasteiger partial charge in [0.1, 0.15) is 0 Å². The summed E-state index contributed by atoms with van der Waals surface area (Å²) in [5, 5.41) is 6.29. The molecular formula is C20H23N3O4. The molecule has 0 saturated carbocycles. The Morgan fingerprint density at radius 1 is 0.963 bits per heavy atom. The van der Waals surface area contributed by atoms with Crippen molar-refractivity contribution in [3.05, 3.63) is 53.6 Å². The summed E-state index contributed by atoms with van der Waals surface area (Å²) < 4.78 is 10.3. The normalized spacial score (nSPS) is 10.7. The number of amides is 2. The van der Waals surface area contributed by atoms with Crippen molar-refractivity contribution in [2.75, 3.05) is 19.5 Å². The summed E-state index contributed by atoms with van der Waals surface area (Å²) in [6, 6.07) is 12.6. The maximum Gasteiger partial charge on any atom is 0.329 e. The number of methoxy groups -OCH3 is 2. The van der Waals surface area contributed by atoms with E-state index in [1.165, 1.54) is 26.0 Å². The highest BCUT2D eigenvalue weighted by Gasteiger charge is 2.14. The molecule has 0 aromatic heterocycles. The van der Waals surface area contributed by atoms with Crippen molar-refractivity contribution < 1.29 is 19.1 Å². The molecule has 142 valence electrons. The number of ether oxygens (including phenoxy) is 2. The van der Waals surface area contributed by atoms with E-state index in [4.69, 9.17) is 9.47 Å². The van der Waals surface area contributed by atoms with Gasteiger partial charge in [-0.1, -0.05) is 38.1 Å².